The summed E-state index contributed by atoms with van der Waals surface area (Å²) in [5.41, 5.74) is 2.90. The van der Waals surface area contributed by atoms with Gasteiger partial charge in [-0.2, -0.15) is 0 Å². The highest BCUT2D eigenvalue weighted by Gasteiger charge is 2.13. The van der Waals surface area contributed by atoms with E-state index in [2.05, 4.69) is 20.8 Å². The normalized spacial score (nSPS) is 10.6. The molecule has 0 unspecified atom stereocenters. The van der Waals surface area contributed by atoms with Gasteiger partial charge in [-0.15, -0.1) is 10.2 Å². The molecule has 2 N–H and O–H groups in total. The molecule has 0 bridgehead atoms. The molecule has 0 atom stereocenters. The lowest BCUT2D eigenvalue weighted by atomic mass is 10.2. The molecule has 2 amide bonds. The Balaban J connectivity index is 1.30. The highest BCUT2D eigenvalue weighted by atomic mass is 32.2. The fraction of sp³-hybridized carbons (Fsp3) is 0.154. The zero-order chi connectivity index (χ0) is 24.6. The maximum atomic E-state index is 12.5. The number of amides is 2. The Morgan fingerprint density at radius 3 is 2.23 bits per heavy atom. The number of ether oxygens (including phenoxy) is 1. The van der Waals surface area contributed by atoms with Crippen LogP contribution in [0.3, 0.4) is 0 Å². The van der Waals surface area contributed by atoms with E-state index in [1.165, 1.54) is 11.8 Å². The number of aromatic nitrogens is 3. The summed E-state index contributed by atoms with van der Waals surface area (Å²) in [5.74, 6) is 1.29. The summed E-state index contributed by atoms with van der Waals surface area (Å²) in [4.78, 5) is 25.0. The van der Waals surface area contributed by atoms with E-state index >= 15 is 0 Å². The molecule has 0 aliphatic carbocycles. The van der Waals surface area contributed by atoms with Crippen LogP contribution in [0, 0.1) is 6.92 Å². The summed E-state index contributed by atoms with van der Waals surface area (Å²) < 4.78 is 7.11. The molecule has 0 aliphatic rings. The van der Waals surface area contributed by atoms with Gasteiger partial charge in [-0.05, 0) is 61.0 Å². The Morgan fingerprint density at radius 1 is 0.886 bits per heavy atom. The van der Waals surface area contributed by atoms with E-state index < -0.39 is 0 Å². The molecule has 0 spiro atoms. The van der Waals surface area contributed by atoms with Crippen molar-refractivity contribution in [2.24, 2.45) is 0 Å². The first-order valence-electron chi connectivity index (χ1n) is 10.9. The minimum atomic E-state index is -0.239. The predicted octanol–water partition coefficient (Wildman–Crippen LogP) is 4.63. The van der Waals surface area contributed by atoms with E-state index in [1.54, 1.807) is 55.6 Å². The molecule has 8 nitrogen and oxygen atoms in total. The summed E-state index contributed by atoms with van der Waals surface area (Å²) in [6, 6.07) is 23.9. The van der Waals surface area contributed by atoms with Crippen molar-refractivity contribution in [1.82, 2.24) is 14.8 Å². The molecule has 9 heteroatoms. The second kappa shape index (κ2) is 11.3. The van der Waals surface area contributed by atoms with Crippen LogP contribution in [0.15, 0.2) is 84.0 Å². The molecule has 4 aromatic rings. The van der Waals surface area contributed by atoms with Crippen LogP contribution >= 0.6 is 11.8 Å². The number of nitrogens with one attached hydrogen (secondary N) is 2. The number of rotatable bonds is 9. The second-order valence-corrected chi connectivity index (χ2v) is 8.64. The Bertz CT molecular complexity index is 1290. The summed E-state index contributed by atoms with van der Waals surface area (Å²) in [5, 5.41) is 14.7. The molecule has 35 heavy (non-hydrogen) atoms. The van der Waals surface area contributed by atoms with Crippen molar-refractivity contribution in [3.63, 3.8) is 0 Å². The van der Waals surface area contributed by atoms with Crippen molar-refractivity contribution in [3.05, 3.63) is 95.8 Å². The number of carbonyl (C=O) groups is 2. The molecule has 3 aromatic carbocycles. The predicted molar refractivity (Wildman–Crippen MR) is 137 cm³/mol. The molecule has 0 saturated heterocycles. The first kappa shape index (κ1) is 24.0. The van der Waals surface area contributed by atoms with Crippen LogP contribution in [0.2, 0.25) is 0 Å². The van der Waals surface area contributed by atoms with Gasteiger partial charge in [-0.3, -0.25) is 9.59 Å². The number of thioether (sulfide) groups is 1. The monoisotopic (exact) mass is 487 g/mol. The number of aryl methyl sites for hydroxylation is 1. The minimum Gasteiger partial charge on any atom is -0.497 e. The number of anilines is 2. The third-order valence-electron chi connectivity index (χ3n) is 5.20. The highest BCUT2D eigenvalue weighted by Crippen LogP contribution is 2.20. The number of nitrogens with zero attached hydrogens (tertiary/aromatic N) is 3. The first-order chi connectivity index (χ1) is 17.0. The molecular weight excluding hydrogens is 462 g/mol. The van der Waals surface area contributed by atoms with Crippen LogP contribution < -0.4 is 15.4 Å². The largest absolute Gasteiger partial charge is 0.497 e. The van der Waals surface area contributed by atoms with Crippen molar-refractivity contribution >= 4 is 35.0 Å². The smallest absolute Gasteiger partial charge is 0.255 e. The second-order valence-electron chi connectivity index (χ2n) is 7.70. The lowest BCUT2D eigenvalue weighted by Gasteiger charge is -2.09. The van der Waals surface area contributed by atoms with Crippen LogP contribution in [-0.2, 0) is 11.3 Å². The molecule has 0 fully saturated rings. The van der Waals surface area contributed by atoms with Crippen LogP contribution in [0.1, 0.15) is 21.7 Å². The number of carbonyl (C=O) groups excluding carboxylic acids is 2. The Hall–Kier alpha value is -4.11. The van der Waals surface area contributed by atoms with Crippen molar-refractivity contribution in [2.75, 3.05) is 23.5 Å². The number of methoxy groups -OCH3 is 1. The number of benzene rings is 3. The molecule has 1 aromatic heterocycles. The molecular formula is C26H25N5O3S. The van der Waals surface area contributed by atoms with Crippen molar-refractivity contribution in [2.45, 2.75) is 18.6 Å². The Labute approximate surface area is 207 Å². The third kappa shape index (κ3) is 6.48. The molecule has 4 rings (SSSR count). The Kier molecular flexibility index (Phi) is 7.79. The van der Waals surface area contributed by atoms with Gasteiger partial charge in [0.15, 0.2) is 5.16 Å². The third-order valence-corrected chi connectivity index (χ3v) is 6.16. The zero-order valence-corrected chi connectivity index (χ0v) is 20.2. The van der Waals surface area contributed by atoms with Gasteiger partial charge in [0.2, 0.25) is 5.91 Å². The van der Waals surface area contributed by atoms with Gasteiger partial charge in [-0.25, -0.2) is 0 Å². The first-order valence-corrected chi connectivity index (χ1v) is 11.9. The maximum Gasteiger partial charge on any atom is 0.255 e. The van der Waals surface area contributed by atoms with Gasteiger partial charge in [-0.1, -0.05) is 42.1 Å². The van der Waals surface area contributed by atoms with Crippen molar-refractivity contribution in [3.8, 4) is 5.75 Å². The molecule has 1 heterocycles. The van der Waals surface area contributed by atoms with Crippen LogP contribution in [0.5, 0.6) is 5.75 Å². The van der Waals surface area contributed by atoms with Crippen LogP contribution in [0.25, 0.3) is 0 Å². The molecule has 0 radical (unpaired) electrons. The lowest BCUT2D eigenvalue weighted by molar-refractivity contribution is -0.113. The topological polar surface area (TPSA) is 98.1 Å². The summed E-state index contributed by atoms with van der Waals surface area (Å²) >= 11 is 1.33. The van der Waals surface area contributed by atoms with E-state index in [0.29, 0.717) is 34.4 Å². The molecule has 178 valence electrons. The SMILES string of the molecule is COc1ccc(NC(=O)c2ccc(NC(=O)CSc3nnc(C)n3Cc3ccccc3)cc2)cc1. The minimum absolute atomic E-state index is 0.169. The van der Waals surface area contributed by atoms with Gasteiger partial charge in [0.25, 0.3) is 5.91 Å². The van der Waals surface area contributed by atoms with Crippen LogP contribution in [0.4, 0.5) is 11.4 Å². The van der Waals surface area contributed by atoms with Gasteiger partial charge < -0.3 is 19.9 Å². The summed E-state index contributed by atoms with van der Waals surface area (Å²) in [6.45, 7) is 2.54. The van der Waals surface area contributed by atoms with Crippen LogP contribution in [-0.4, -0.2) is 39.4 Å². The van der Waals surface area contributed by atoms with Crippen molar-refractivity contribution in [1.29, 1.82) is 0 Å². The quantitative estimate of drug-likeness (QED) is 0.334. The maximum absolute atomic E-state index is 12.5. The molecule has 0 saturated carbocycles. The Morgan fingerprint density at radius 2 is 1.54 bits per heavy atom. The standard InChI is InChI=1S/C26H25N5O3S/c1-18-29-30-26(31(18)16-19-6-4-3-5-7-19)35-17-24(32)27-21-10-8-20(9-11-21)25(33)28-22-12-14-23(34-2)15-13-22/h3-15H,16-17H2,1-2H3,(H,27,32)(H,28,33). The number of hydrogen-bond acceptors (Lipinski definition) is 6. The lowest BCUT2D eigenvalue weighted by Crippen LogP contribution is -2.15. The van der Waals surface area contributed by atoms with E-state index in [1.807, 2.05) is 41.8 Å². The van der Waals surface area contributed by atoms with Crippen molar-refractivity contribution < 1.29 is 14.3 Å². The van der Waals surface area contributed by atoms with Gasteiger partial charge >= 0.3 is 0 Å². The van der Waals surface area contributed by atoms with E-state index in [4.69, 9.17) is 4.74 Å². The van der Waals surface area contributed by atoms with Gasteiger partial charge in [0.05, 0.1) is 19.4 Å². The molecule has 0 aliphatic heterocycles. The average Bonchev–Trinajstić information content (AvgIpc) is 3.23. The average molecular weight is 488 g/mol. The fourth-order valence-electron chi connectivity index (χ4n) is 3.33. The van der Waals surface area contributed by atoms with E-state index in [-0.39, 0.29) is 17.6 Å². The summed E-state index contributed by atoms with van der Waals surface area (Å²) in [6.07, 6.45) is 0. The van der Waals surface area contributed by atoms with Gasteiger partial charge in [0, 0.05) is 16.9 Å². The number of hydrogen-bond donors (Lipinski definition) is 2. The van der Waals surface area contributed by atoms with Gasteiger partial charge in [0.1, 0.15) is 11.6 Å². The highest BCUT2D eigenvalue weighted by molar-refractivity contribution is 7.99. The van der Waals surface area contributed by atoms with E-state index in [0.717, 1.165) is 11.4 Å². The fourth-order valence-corrected chi connectivity index (χ4v) is 4.11. The summed E-state index contributed by atoms with van der Waals surface area (Å²) in [7, 11) is 1.59. The van der Waals surface area contributed by atoms with E-state index in [9.17, 15) is 9.59 Å². The zero-order valence-electron chi connectivity index (χ0n) is 19.4.